The zero-order valence-electron chi connectivity index (χ0n) is 10.8. The van der Waals surface area contributed by atoms with Crippen molar-refractivity contribution in [3.05, 3.63) is 24.3 Å². The molecule has 0 amide bonds. The predicted octanol–water partition coefficient (Wildman–Crippen LogP) is 3.18. The molecule has 0 aliphatic carbocycles. The Morgan fingerprint density at radius 2 is 2.11 bits per heavy atom. The molecule has 1 saturated heterocycles. The van der Waals surface area contributed by atoms with E-state index in [1.54, 1.807) is 0 Å². The maximum Gasteiger partial charge on any atom is 0.206 e. The predicted molar refractivity (Wildman–Crippen MR) is 79.4 cm³/mol. The van der Waals surface area contributed by atoms with Gasteiger partial charge in [0.15, 0.2) is 0 Å². The van der Waals surface area contributed by atoms with E-state index in [1.807, 2.05) is 6.07 Å². The number of benzene rings is 1. The average molecular weight is 308 g/mol. The first-order valence-corrected chi connectivity index (χ1v) is 7.39. The fourth-order valence-electron chi connectivity index (χ4n) is 2.71. The summed E-state index contributed by atoms with van der Waals surface area (Å²) in [6, 6.07) is 8.33. The van der Waals surface area contributed by atoms with Crippen molar-refractivity contribution < 1.29 is 0 Å². The second-order valence-corrected chi connectivity index (χ2v) is 6.36. The van der Waals surface area contributed by atoms with Gasteiger partial charge in [0.2, 0.25) is 5.95 Å². The first kappa shape index (κ1) is 12.0. The van der Waals surface area contributed by atoms with E-state index >= 15 is 0 Å². The zero-order chi connectivity index (χ0) is 12.7. The van der Waals surface area contributed by atoms with Crippen LogP contribution in [0.1, 0.15) is 13.3 Å². The van der Waals surface area contributed by atoms with Crippen molar-refractivity contribution in [2.75, 3.05) is 18.0 Å². The SMILES string of the molecule is CC1CN(c2nc3ccccc3n2C)CCC1Br. The summed E-state index contributed by atoms with van der Waals surface area (Å²) in [5.74, 6) is 1.76. The molecule has 96 valence electrons. The van der Waals surface area contributed by atoms with E-state index in [0.717, 1.165) is 24.6 Å². The molecule has 1 aliphatic rings. The van der Waals surface area contributed by atoms with Gasteiger partial charge in [-0.25, -0.2) is 4.98 Å². The Hall–Kier alpha value is -1.03. The van der Waals surface area contributed by atoms with Crippen LogP contribution in [0.2, 0.25) is 0 Å². The number of anilines is 1. The van der Waals surface area contributed by atoms with E-state index in [1.165, 1.54) is 11.9 Å². The third-order valence-corrected chi connectivity index (χ3v) is 5.21. The smallest absolute Gasteiger partial charge is 0.206 e. The zero-order valence-corrected chi connectivity index (χ0v) is 12.4. The summed E-state index contributed by atoms with van der Waals surface area (Å²) in [7, 11) is 2.11. The summed E-state index contributed by atoms with van der Waals surface area (Å²) < 4.78 is 2.20. The Kier molecular flexibility index (Phi) is 3.06. The molecule has 3 nitrogen and oxygen atoms in total. The number of aromatic nitrogens is 2. The van der Waals surface area contributed by atoms with Gasteiger partial charge in [-0.1, -0.05) is 35.0 Å². The van der Waals surface area contributed by atoms with Gasteiger partial charge in [0, 0.05) is 25.0 Å². The number of piperidine rings is 1. The molecule has 3 rings (SSSR count). The third kappa shape index (κ3) is 1.92. The Morgan fingerprint density at radius 3 is 2.83 bits per heavy atom. The molecule has 1 aliphatic heterocycles. The van der Waals surface area contributed by atoms with Crippen molar-refractivity contribution in [2.45, 2.75) is 18.2 Å². The summed E-state index contributed by atoms with van der Waals surface area (Å²) >= 11 is 3.75. The maximum absolute atomic E-state index is 4.77. The molecule has 2 aromatic rings. The van der Waals surface area contributed by atoms with Crippen LogP contribution in [0.15, 0.2) is 24.3 Å². The van der Waals surface area contributed by atoms with Gasteiger partial charge in [-0.05, 0) is 24.5 Å². The Balaban J connectivity index is 1.97. The van der Waals surface area contributed by atoms with Crippen LogP contribution < -0.4 is 4.90 Å². The fourth-order valence-corrected chi connectivity index (χ4v) is 3.09. The van der Waals surface area contributed by atoms with Crippen LogP contribution in [0.25, 0.3) is 11.0 Å². The normalized spacial score (nSPS) is 24.7. The number of halogens is 1. The highest BCUT2D eigenvalue weighted by atomic mass is 79.9. The number of aryl methyl sites for hydroxylation is 1. The Morgan fingerprint density at radius 1 is 1.33 bits per heavy atom. The summed E-state index contributed by atoms with van der Waals surface area (Å²) in [6.45, 7) is 4.46. The lowest BCUT2D eigenvalue weighted by molar-refractivity contribution is 0.458. The molecular formula is C14H18BrN3. The van der Waals surface area contributed by atoms with E-state index in [-0.39, 0.29) is 0 Å². The van der Waals surface area contributed by atoms with Crippen LogP contribution >= 0.6 is 15.9 Å². The molecular weight excluding hydrogens is 290 g/mol. The number of hydrogen-bond acceptors (Lipinski definition) is 2. The van der Waals surface area contributed by atoms with E-state index in [4.69, 9.17) is 4.98 Å². The highest BCUT2D eigenvalue weighted by Gasteiger charge is 2.26. The number of fused-ring (bicyclic) bond motifs is 1. The minimum absolute atomic E-state index is 0.642. The second kappa shape index (κ2) is 4.57. The van der Waals surface area contributed by atoms with Crippen LogP contribution in [-0.2, 0) is 7.05 Å². The van der Waals surface area contributed by atoms with Crippen LogP contribution in [0.3, 0.4) is 0 Å². The first-order valence-electron chi connectivity index (χ1n) is 6.47. The summed E-state index contributed by atoms with van der Waals surface area (Å²) in [5.41, 5.74) is 2.30. The van der Waals surface area contributed by atoms with Gasteiger partial charge in [0.1, 0.15) is 0 Å². The van der Waals surface area contributed by atoms with Crippen LogP contribution in [0, 0.1) is 5.92 Å². The molecule has 2 atom stereocenters. The largest absolute Gasteiger partial charge is 0.342 e. The molecule has 1 fully saturated rings. The summed E-state index contributed by atoms with van der Waals surface area (Å²) in [6.07, 6.45) is 1.18. The van der Waals surface area contributed by atoms with Gasteiger partial charge < -0.3 is 9.47 Å². The van der Waals surface area contributed by atoms with Crippen molar-refractivity contribution in [1.82, 2.24) is 9.55 Å². The standard InChI is InChI=1S/C14H18BrN3/c1-10-9-18(8-7-11(10)15)14-16-12-5-3-4-6-13(12)17(14)2/h3-6,10-11H,7-9H2,1-2H3. The summed E-state index contributed by atoms with van der Waals surface area (Å²) in [5, 5.41) is 0. The number of hydrogen-bond donors (Lipinski definition) is 0. The van der Waals surface area contributed by atoms with Crippen molar-refractivity contribution in [3.63, 3.8) is 0 Å². The van der Waals surface area contributed by atoms with Gasteiger partial charge in [0.25, 0.3) is 0 Å². The van der Waals surface area contributed by atoms with Crippen molar-refractivity contribution >= 4 is 32.9 Å². The molecule has 2 heterocycles. The molecule has 1 aromatic heterocycles. The van der Waals surface area contributed by atoms with Crippen molar-refractivity contribution in [2.24, 2.45) is 13.0 Å². The van der Waals surface area contributed by atoms with Gasteiger partial charge in [0.05, 0.1) is 11.0 Å². The molecule has 0 N–H and O–H groups in total. The topological polar surface area (TPSA) is 21.1 Å². The minimum Gasteiger partial charge on any atom is -0.342 e. The monoisotopic (exact) mass is 307 g/mol. The fraction of sp³-hybridized carbons (Fsp3) is 0.500. The lowest BCUT2D eigenvalue weighted by Gasteiger charge is -2.34. The quantitative estimate of drug-likeness (QED) is 0.755. The first-order chi connectivity index (χ1) is 8.66. The molecule has 0 bridgehead atoms. The van der Waals surface area contributed by atoms with Crippen LogP contribution in [0.5, 0.6) is 0 Å². The van der Waals surface area contributed by atoms with Crippen LogP contribution in [-0.4, -0.2) is 27.5 Å². The highest BCUT2D eigenvalue weighted by Crippen LogP contribution is 2.28. The Bertz CT molecular complexity index is 563. The molecule has 0 radical (unpaired) electrons. The van der Waals surface area contributed by atoms with Gasteiger partial charge in [-0.2, -0.15) is 0 Å². The highest BCUT2D eigenvalue weighted by molar-refractivity contribution is 9.09. The molecule has 0 spiro atoms. The number of imidazole rings is 1. The second-order valence-electron chi connectivity index (χ2n) is 5.19. The molecule has 0 saturated carbocycles. The maximum atomic E-state index is 4.77. The molecule has 18 heavy (non-hydrogen) atoms. The number of alkyl halides is 1. The van der Waals surface area contributed by atoms with E-state index in [2.05, 4.69) is 57.6 Å². The van der Waals surface area contributed by atoms with E-state index in [9.17, 15) is 0 Å². The molecule has 1 aromatic carbocycles. The van der Waals surface area contributed by atoms with E-state index in [0.29, 0.717) is 10.7 Å². The average Bonchev–Trinajstić information content (AvgIpc) is 2.71. The minimum atomic E-state index is 0.642. The van der Waals surface area contributed by atoms with E-state index < -0.39 is 0 Å². The van der Waals surface area contributed by atoms with Crippen molar-refractivity contribution in [1.29, 1.82) is 0 Å². The van der Waals surface area contributed by atoms with Gasteiger partial charge >= 0.3 is 0 Å². The lowest BCUT2D eigenvalue weighted by Crippen LogP contribution is -2.40. The van der Waals surface area contributed by atoms with Gasteiger partial charge in [-0.15, -0.1) is 0 Å². The number of rotatable bonds is 1. The van der Waals surface area contributed by atoms with Crippen LogP contribution in [0.4, 0.5) is 5.95 Å². The number of nitrogens with zero attached hydrogens (tertiary/aromatic N) is 3. The third-order valence-electron chi connectivity index (χ3n) is 3.85. The van der Waals surface area contributed by atoms with Crippen molar-refractivity contribution in [3.8, 4) is 0 Å². The van der Waals surface area contributed by atoms with Gasteiger partial charge in [-0.3, -0.25) is 0 Å². The number of para-hydroxylation sites is 2. The summed E-state index contributed by atoms with van der Waals surface area (Å²) in [4.78, 5) is 7.82. The molecule has 2 unspecified atom stereocenters. The lowest BCUT2D eigenvalue weighted by atomic mass is 10.0. The Labute approximate surface area is 116 Å². The molecule has 4 heteroatoms.